The van der Waals surface area contributed by atoms with E-state index in [0.29, 0.717) is 18.8 Å². The lowest BCUT2D eigenvalue weighted by Crippen LogP contribution is -2.29. The molecule has 0 aliphatic carbocycles. The zero-order chi connectivity index (χ0) is 14.7. The first-order valence-corrected chi connectivity index (χ1v) is 8.95. The molecule has 0 aromatic carbocycles. The van der Waals surface area contributed by atoms with Crippen LogP contribution in [0.3, 0.4) is 0 Å². The van der Waals surface area contributed by atoms with E-state index < -0.39 is 0 Å². The SMILES string of the molecule is O=C(c1cc(Br)c[nH]1)N(Cc1cccs1)Cc1cccs1. The molecule has 0 atom stereocenters. The molecule has 0 unspecified atom stereocenters. The fraction of sp³-hybridized carbons (Fsp3) is 0.133. The van der Waals surface area contributed by atoms with Crippen molar-refractivity contribution in [3.05, 3.63) is 67.2 Å². The summed E-state index contributed by atoms with van der Waals surface area (Å²) in [5.74, 6) is 0.0162. The van der Waals surface area contributed by atoms with Crippen LogP contribution in [0.2, 0.25) is 0 Å². The van der Waals surface area contributed by atoms with Gasteiger partial charge in [0, 0.05) is 20.4 Å². The molecule has 3 nitrogen and oxygen atoms in total. The van der Waals surface area contributed by atoms with Crippen LogP contribution in [0.5, 0.6) is 0 Å². The number of nitrogens with one attached hydrogen (secondary N) is 1. The van der Waals surface area contributed by atoms with Gasteiger partial charge in [0.05, 0.1) is 13.1 Å². The van der Waals surface area contributed by atoms with Gasteiger partial charge >= 0.3 is 0 Å². The van der Waals surface area contributed by atoms with Crippen molar-refractivity contribution in [1.82, 2.24) is 9.88 Å². The molecule has 0 fully saturated rings. The van der Waals surface area contributed by atoms with Crippen LogP contribution in [0.1, 0.15) is 20.2 Å². The lowest BCUT2D eigenvalue weighted by atomic mass is 10.3. The van der Waals surface area contributed by atoms with Crippen molar-refractivity contribution in [2.45, 2.75) is 13.1 Å². The lowest BCUT2D eigenvalue weighted by Gasteiger charge is -2.21. The second-order valence-electron chi connectivity index (χ2n) is 4.55. The number of H-pyrrole nitrogens is 1. The van der Waals surface area contributed by atoms with Gasteiger partial charge in [-0.3, -0.25) is 4.79 Å². The van der Waals surface area contributed by atoms with Gasteiger partial charge in [-0.2, -0.15) is 0 Å². The molecular formula is C15H13BrN2OS2. The van der Waals surface area contributed by atoms with Crippen LogP contribution in [0.4, 0.5) is 0 Å². The third-order valence-electron chi connectivity index (χ3n) is 3.02. The number of rotatable bonds is 5. The van der Waals surface area contributed by atoms with Crippen molar-refractivity contribution in [2.75, 3.05) is 0 Å². The van der Waals surface area contributed by atoms with Gasteiger partial charge in [-0.25, -0.2) is 0 Å². The largest absolute Gasteiger partial charge is 0.356 e. The van der Waals surface area contributed by atoms with Crippen LogP contribution in [0.15, 0.2) is 51.8 Å². The number of nitrogens with zero attached hydrogens (tertiary/aromatic N) is 1. The number of carbonyl (C=O) groups excluding carboxylic acids is 1. The van der Waals surface area contributed by atoms with E-state index in [1.807, 2.05) is 33.9 Å². The maximum absolute atomic E-state index is 12.7. The highest BCUT2D eigenvalue weighted by molar-refractivity contribution is 9.10. The van der Waals surface area contributed by atoms with E-state index in [9.17, 15) is 4.79 Å². The van der Waals surface area contributed by atoms with E-state index in [2.05, 4.69) is 33.0 Å². The van der Waals surface area contributed by atoms with E-state index in [4.69, 9.17) is 0 Å². The molecule has 3 aromatic heterocycles. The van der Waals surface area contributed by atoms with Gasteiger partial charge in [-0.15, -0.1) is 22.7 Å². The van der Waals surface area contributed by atoms with Crippen LogP contribution in [-0.2, 0) is 13.1 Å². The van der Waals surface area contributed by atoms with Crippen LogP contribution in [0.25, 0.3) is 0 Å². The number of hydrogen-bond donors (Lipinski definition) is 1. The molecule has 3 aromatic rings. The van der Waals surface area contributed by atoms with Gasteiger partial charge < -0.3 is 9.88 Å². The van der Waals surface area contributed by atoms with Crippen molar-refractivity contribution in [3.63, 3.8) is 0 Å². The molecule has 3 rings (SSSR count). The van der Waals surface area contributed by atoms with E-state index in [1.54, 1.807) is 28.9 Å². The minimum atomic E-state index is 0.0162. The molecule has 0 spiro atoms. The van der Waals surface area contributed by atoms with Gasteiger partial charge in [-0.05, 0) is 44.9 Å². The van der Waals surface area contributed by atoms with E-state index >= 15 is 0 Å². The summed E-state index contributed by atoms with van der Waals surface area (Å²) in [4.78, 5) is 19.9. The molecule has 0 aliphatic heterocycles. The fourth-order valence-corrected chi connectivity index (χ4v) is 3.82. The second kappa shape index (κ2) is 6.60. The Morgan fingerprint density at radius 3 is 2.19 bits per heavy atom. The Morgan fingerprint density at radius 1 is 1.14 bits per heavy atom. The molecule has 0 bridgehead atoms. The summed E-state index contributed by atoms with van der Waals surface area (Å²) in [6.45, 7) is 1.26. The molecule has 1 N–H and O–H groups in total. The summed E-state index contributed by atoms with van der Waals surface area (Å²) in [6.07, 6.45) is 1.78. The summed E-state index contributed by atoms with van der Waals surface area (Å²) in [7, 11) is 0. The molecule has 0 saturated carbocycles. The standard InChI is InChI=1S/C15H13BrN2OS2/c16-11-7-14(17-8-11)15(19)18(9-12-3-1-5-20-12)10-13-4-2-6-21-13/h1-8,17H,9-10H2. The predicted octanol–water partition coefficient (Wildman–Crippen LogP) is 4.74. The Balaban J connectivity index is 1.82. The lowest BCUT2D eigenvalue weighted by molar-refractivity contribution is 0.0728. The topological polar surface area (TPSA) is 36.1 Å². The van der Waals surface area contributed by atoms with Crippen LogP contribution in [0, 0.1) is 0 Å². The van der Waals surface area contributed by atoms with Crippen molar-refractivity contribution < 1.29 is 4.79 Å². The second-order valence-corrected chi connectivity index (χ2v) is 7.53. The number of hydrogen-bond acceptors (Lipinski definition) is 3. The van der Waals surface area contributed by atoms with Gasteiger partial charge in [0.1, 0.15) is 5.69 Å². The number of carbonyl (C=O) groups is 1. The van der Waals surface area contributed by atoms with Gasteiger partial charge in [-0.1, -0.05) is 12.1 Å². The fourth-order valence-electron chi connectivity index (χ4n) is 2.04. The van der Waals surface area contributed by atoms with Crippen molar-refractivity contribution in [2.24, 2.45) is 0 Å². The molecule has 0 aliphatic rings. The summed E-state index contributed by atoms with van der Waals surface area (Å²) >= 11 is 6.72. The third kappa shape index (κ3) is 3.64. The van der Waals surface area contributed by atoms with Crippen molar-refractivity contribution >= 4 is 44.5 Å². The average molecular weight is 381 g/mol. The first-order valence-electron chi connectivity index (χ1n) is 6.40. The molecule has 0 saturated heterocycles. The maximum atomic E-state index is 12.7. The Labute approximate surface area is 139 Å². The van der Waals surface area contributed by atoms with Crippen molar-refractivity contribution in [1.29, 1.82) is 0 Å². The van der Waals surface area contributed by atoms with Gasteiger partial charge in [0.15, 0.2) is 0 Å². The van der Waals surface area contributed by atoms with Crippen molar-refractivity contribution in [3.8, 4) is 0 Å². The normalized spacial score (nSPS) is 10.7. The van der Waals surface area contributed by atoms with Crippen LogP contribution in [-0.4, -0.2) is 15.8 Å². The van der Waals surface area contributed by atoms with Gasteiger partial charge in [0.25, 0.3) is 5.91 Å². The Kier molecular flexibility index (Phi) is 4.57. The zero-order valence-electron chi connectivity index (χ0n) is 11.1. The average Bonchev–Trinajstić information content (AvgIpc) is 3.19. The summed E-state index contributed by atoms with van der Waals surface area (Å²) in [6, 6.07) is 9.96. The zero-order valence-corrected chi connectivity index (χ0v) is 14.3. The van der Waals surface area contributed by atoms with E-state index in [0.717, 1.165) is 4.47 Å². The summed E-state index contributed by atoms with van der Waals surface area (Å²) < 4.78 is 0.887. The van der Waals surface area contributed by atoms with E-state index in [-0.39, 0.29) is 5.91 Å². The summed E-state index contributed by atoms with van der Waals surface area (Å²) in [5, 5.41) is 4.07. The number of thiophene rings is 2. The molecule has 6 heteroatoms. The third-order valence-corrected chi connectivity index (χ3v) is 5.20. The highest BCUT2D eigenvalue weighted by atomic mass is 79.9. The van der Waals surface area contributed by atoms with Gasteiger partial charge in [0.2, 0.25) is 0 Å². The molecule has 21 heavy (non-hydrogen) atoms. The first-order chi connectivity index (χ1) is 10.2. The van der Waals surface area contributed by atoms with Crippen LogP contribution < -0.4 is 0 Å². The number of aromatic amines is 1. The highest BCUT2D eigenvalue weighted by Gasteiger charge is 2.19. The monoisotopic (exact) mass is 380 g/mol. The Hall–Kier alpha value is -1.37. The molecule has 108 valence electrons. The summed E-state index contributed by atoms with van der Waals surface area (Å²) in [5.41, 5.74) is 0.606. The first kappa shape index (κ1) is 14.6. The quantitative estimate of drug-likeness (QED) is 0.681. The highest BCUT2D eigenvalue weighted by Crippen LogP contribution is 2.20. The Morgan fingerprint density at radius 2 is 1.76 bits per heavy atom. The predicted molar refractivity (Wildman–Crippen MR) is 90.7 cm³/mol. The minimum Gasteiger partial charge on any atom is -0.356 e. The number of amides is 1. The Bertz CT molecular complexity index is 668. The molecule has 0 radical (unpaired) electrons. The number of aromatic nitrogens is 1. The molecule has 3 heterocycles. The smallest absolute Gasteiger partial charge is 0.270 e. The van der Waals surface area contributed by atoms with Crippen LogP contribution >= 0.6 is 38.6 Å². The molecular weight excluding hydrogens is 368 g/mol. The molecule has 1 amide bonds. The van der Waals surface area contributed by atoms with E-state index in [1.165, 1.54) is 9.75 Å². The maximum Gasteiger partial charge on any atom is 0.270 e. The number of halogens is 1. The minimum absolute atomic E-state index is 0.0162.